The molecule has 1 atom stereocenters. The van der Waals surface area contributed by atoms with E-state index in [9.17, 15) is 0 Å². The molecule has 12 rings (SSSR count). The van der Waals surface area contributed by atoms with E-state index in [2.05, 4.69) is 190 Å². The molecule has 0 saturated heterocycles. The molecule has 0 bridgehead atoms. The van der Waals surface area contributed by atoms with Crippen molar-refractivity contribution in [2.75, 3.05) is 0 Å². The number of amidine groups is 2. The van der Waals surface area contributed by atoms with Gasteiger partial charge < -0.3 is 14.5 Å². The number of fused-ring (bicyclic) bond motifs is 8. The molecule has 3 heterocycles. The maximum absolute atomic E-state index is 5.19. The fraction of sp³-hybridized carbons (Fsp3) is 0.0182. The van der Waals surface area contributed by atoms with E-state index in [1.807, 2.05) is 36.4 Å². The standard InChI is InChI=1S/C55H37N5/c1-4-15-37(16-5-1)53-56-54(38-17-6-2-7-18-38)58-55(57-53)41-19-14-22-43(33-41)60-49-26-13-11-24-46(49)52-47-34-39(28-27-36(47)30-32-50(52)60)40-29-31-45-44-23-10-12-25-48(44)59(51(45)35-40)42-20-8-3-9-21-42/h1-35,55H,(H,56,57,58). The van der Waals surface area contributed by atoms with E-state index in [-0.39, 0.29) is 6.17 Å². The lowest BCUT2D eigenvalue weighted by Crippen LogP contribution is -2.33. The van der Waals surface area contributed by atoms with Crippen LogP contribution in [0.25, 0.3) is 76.9 Å². The largest absolute Gasteiger partial charge is 0.344 e. The number of rotatable bonds is 6. The average molecular weight is 768 g/mol. The molecular formula is C55H37N5. The lowest BCUT2D eigenvalue weighted by Gasteiger charge is -2.24. The third kappa shape index (κ3) is 5.55. The highest BCUT2D eigenvalue weighted by atomic mass is 15.2. The second-order valence-corrected chi connectivity index (χ2v) is 15.5. The zero-order chi connectivity index (χ0) is 39.6. The predicted molar refractivity (Wildman–Crippen MR) is 250 cm³/mol. The summed E-state index contributed by atoms with van der Waals surface area (Å²) in [6.07, 6.45) is -0.331. The summed E-state index contributed by atoms with van der Waals surface area (Å²) in [6, 6.07) is 75.8. The maximum Gasteiger partial charge on any atom is 0.159 e. The second-order valence-electron chi connectivity index (χ2n) is 15.5. The summed E-state index contributed by atoms with van der Waals surface area (Å²) in [4.78, 5) is 10.2. The van der Waals surface area contributed by atoms with Crippen molar-refractivity contribution in [2.45, 2.75) is 6.17 Å². The van der Waals surface area contributed by atoms with Crippen LogP contribution in [0.1, 0.15) is 22.9 Å². The monoisotopic (exact) mass is 767 g/mol. The first kappa shape index (κ1) is 34.1. The molecule has 5 nitrogen and oxygen atoms in total. The Morgan fingerprint density at radius 2 is 0.983 bits per heavy atom. The smallest absolute Gasteiger partial charge is 0.159 e. The molecule has 0 amide bonds. The van der Waals surface area contributed by atoms with Crippen LogP contribution < -0.4 is 5.32 Å². The third-order valence-corrected chi connectivity index (χ3v) is 11.9. The molecule has 0 saturated carbocycles. The van der Waals surface area contributed by atoms with Gasteiger partial charge in [0.1, 0.15) is 12.0 Å². The Hall–Kier alpha value is -8.02. The summed E-state index contributed by atoms with van der Waals surface area (Å²) in [5, 5.41) is 11.1. The van der Waals surface area contributed by atoms with Gasteiger partial charge in [0.05, 0.1) is 22.1 Å². The summed E-state index contributed by atoms with van der Waals surface area (Å²) in [6.45, 7) is 0. The highest BCUT2D eigenvalue weighted by Gasteiger charge is 2.23. The van der Waals surface area contributed by atoms with Crippen molar-refractivity contribution in [3.05, 3.63) is 229 Å². The number of nitrogens with zero attached hydrogens (tertiary/aromatic N) is 4. The van der Waals surface area contributed by atoms with Crippen LogP contribution in [-0.4, -0.2) is 20.8 Å². The molecule has 11 aromatic rings. The van der Waals surface area contributed by atoms with E-state index in [0.717, 1.165) is 44.9 Å². The Kier molecular flexibility index (Phi) is 7.85. The van der Waals surface area contributed by atoms with Crippen LogP contribution in [0.5, 0.6) is 0 Å². The number of para-hydroxylation sites is 3. The predicted octanol–water partition coefficient (Wildman–Crippen LogP) is 13.2. The van der Waals surface area contributed by atoms with E-state index < -0.39 is 0 Å². The van der Waals surface area contributed by atoms with Gasteiger partial charge in [0, 0.05) is 44.0 Å². The topological polar surface area (TPSA) is 46.6 Å². The van der Waals surface area contributed by atoms with Gasteiger partial charge in [-0.2, -0.15) is 0 Å². The molecule has 60 heavy (non-hydrogen) atoms. The Balaban J connectivity index is 1.00. The van der Waals surface area contributed by atoms with Crippen LogP contribution in [0, 0.1) is 0 Å². The lowest BCUT2D eigenvalue weighted by molar-refractivity contribution is 0.674. The van der Waals surface area contributed by atoms with Crippen LogP contribution in [0.3, 0.4) is 0 Å². The van der Waals surface area contributed by atoms with Crippen LogP contribution >= 0.6 is 0 Å². The first-order chi connectivity index (χ1) is 29.7. The summed E-state index contributed by atoms with van der Waals surface area (Å²) >= 11 is 0. The molecule has 1 N–H and O–H groups in total. The number of aromatic nitrogens is 2. The van der Waals surface area contributed by atoms with Crippen molar-refractivity contribution in [2.24, 2.45) is 9.98 Å². The minimum absolute atomic E-state index is 0.331. The third-order valence-electron chi connectivity index (χ3n) is 11.9. The van der Waals surface area contributed by atoms with Crippen molar-refractivity contribution in [3.8, 4) is 22.5 Å². The van der Waals surface area contributed by atoms with E-state index >= 15 is 0 Å². The van der Waals surface area contributed by atoms with Crippen LogP contribution in [-0.2, 0) is 0 Å². The Labute approximate surface area is 346 Å². The lowest BCUT2D eigenvalue weighted by atomic mass is 9.97. The van der Waals surface area contributed by atoms with E-state index in [4.69, 9.17) is 9.98 Å². The Morgan fingerprint density at radius 3 is 1.78 bits per heavy atom. The number of nitrogens with one attached hydrogen (secondary N) is 1. The van der Waals surface area contributed by atoms with Crippen LogP contribution in [0.4, 0.5) is 0 Å². The highest BCUT2D eigenvalue weighted by Crippen LogP contribution is 2.40. The molecule has 0 spiro atoms. The minimum atomic E-state index is -0.331. The van der Waals surface area contributed by atoms with Crippen molar-refractivity contribution >= 4 is 66.1 Å². The van der Waals surface area contributed by atoms with Gasteiger partial charge in [0.2, 0.25) is 0 Å². The molecule has 2 aromatic heterocycles. The first-order valence-electron chi connectivity index (χ1n) is 20.4. The second kappa shape index (κ2) is 13.8. The van der Waals surface area contributed by atoms with Crippen molar-refractivity contribution < 1.29 is 0 Å². The van der Waals surface area contributed by atoms with Gasteiger partial charge >= 0.3 is 0 Å². The van der Waals surface area contributed by atoms with Gasteiger partial charge in [-0.15, -0.1) is 0 Å². The van der Waals surface area contributed by atoms with E-state index in [1.54, 1.807) is 0 Å². The van der Waals surface area contributed by atoms with Gasteiger partial charge in [0.15, 0.2) is 5.84 Å². The van der Waals surface area contributed by atoms with Gasteiger partial charge in [-0.3, -0.25) is 0 Å². The molecular weight excluding hydrogens is 731 g/mol. The van der Waals surface area contributed by atoms with Crippen molar-refractivity contribution in [1.82, 2.24) is 14.5 Å². The Morgan fingerprint density at radius 1 is 0.383 bits per heavy atom. The maximum atomic E-state index is 5.19. The zero-order valence-corrected chi connectivity index (χ0v) is 32.6. The fourth-order valence-electron chi connectivity index (χ4n) is 9.16. The highest BCUT2D eigenvalue weighted by molar-refractivity contribution is 6.22. The number of hydrogen-bond acceptors (Lipinski definition) is 3. The number of hydrogen-bond donors (Lipinski definition) is 1. The SMILES string of the molecule is c1ccc(C2=NC(c3cccc(-n4c5ccccc5c5c6cc(-c7ccc8c9ccccc9n(-c9ccccc9)c8c7)ccc6ccc54)c3)NC(c3ccccc3)=N2)cc1. The van der Waals surface area contributed by atoms with E-state index in [0.29, 0.717) is 5.84 Å². The summed E-state index contributed by atoms with van der Waals surface area (Å²) < 4.78 is 4.79. The normalized spacial score (nSPS) is 14.2. The quantitative estimate of drug-likeness (QED) is 0.180. The molecule has 0 aliphatic carbocycles. The molecule has 0 fully saturated rings. The van der Waals surface area contributed by atoms with Crippen molar-refractivity contribution in [3.63, 3.8) is 0 Å². The molecule has 0 radical (unpaired) electrons. The van der Waals surface area contributed by atoms with E-state index in [1.165, 1.54) is 54.5 Å². The van der Waals surface area contributed by atoms with Gasteiger partial charge in [-0.05, 0) is 82.1 Å². The number of benzene rings is 9. The summed E-state index contributed by atoms with van der Waals surface area (Å²) in [5.74, 6) is 1.52. The fourth-order valence-corrected chi connectivity index (χ4v) is 9.16. The average Bonchev–Trinajstić information content (AvgIpc) is 3.85. The van der Waals surface area contributed by atoms with Gasteiger partial charge in [-0.1, -0.05) is 158 Å². The zero-order valence-electron chi connectivity index (χ0n) is 32.6. The van der Waals surface area contributed by atoms with Gasteiger partial charge in [0.25, 0.3) is 0 Å². The molecule has 9 aromatic carbocycles. The van der Waals surface area contributed by atoms with Crippen LogP contribution in [0.2, 0.25) is 0 Å². The minimum Gasteiger partial charge on any atom is -0.344 e. The molecule has 1 unspecified atom stereocenters. The van der Waals surface area contributed by atoms with Gasteiger partial charge in [-0.25, -0.2) is 9.98 Å². The molecule has 5 heteroatoms. The molecule has 1 aliphatic rings. The Bertz CT molecular complexity index is 3500. The molecule has 1 aliphatic heterocycles. The van der Waals surface area contributed by atoms with Crippen LogP contribution in [0.15, 0.2) is 222 Å². The van der Waals surface area contributed by atoms with Crippen molar-refractivity contribution in [1.29, 1.82) is 0 Å². The first-order valence-corrected chi connectivity index (χ1v) is 20.4. The molecule has 282 valence electrons. The number of aliphatic imine (C=N–C) groups is 2. The summed E-state index contributed by atoms with van der Waals surface area (Å²) in [7, 11) is 0. The summed E-state index contributed by atoms with van der Waals surface area (Å²) in [5.41, 5.74) is 12.4.